The lowest BCUT2D eigenvalue weighted by molar-refractivity contribution is -0.384. The molecule has 0 fully saturated rings. The van der Waals surface area contributed by atoms with Gasteiger partial charge in [0.15, 0.2) is 0 Å². The molecule has 1 amide bonds. The molecule has 10 nitrogen and oxygen atoms in total. The van der Waals surface area contributed by atoms with Crippen molar-refractivity contribution in [2.45, 2.75) is 11.3 Å². The highest BCUT2D eigenvalue weighted by Crippen LogP contribution is 2.18. The van der Waals surface area contributed by atoms with Crippen molar-refractivity contribution in [1.82, 2.24) is 5.32 Å². The highest BCUT2D eigenvalue weighted by molar-refractivity contribution is 7.89. The first kappa shape index (κ1) is 21.0. The van der Waals surface area contributed by atoms with Crippen LogP contribution in [0.25, 0.3) is 0 Å². The highest BCUT2D eigenvalue weighted by Gasteiger charge is 2.18. The Balaban J connectivity index is 2.07. The SMILES string of the molecule is COC(=O)c1cc(C(=O)NCCc2ccc(S(N)(=O)=O)cc2)cc([N+](=O)[O-])c1. The summed E-state index contributed by atoms with van der Waals surface area (Å²) >= 11 is 0. The topological polar surface area (TPSA) is 159 Å². The predicted molar refractivity (Wildman–Crippen MR) is 98.3 cm³/mol. The van der Waals surface area contributed by atoms with E-state index >= 15 is 0 Å². The number of carbonyl (C=O) groups excluding carboxylic acids is 2. The third-order valence-electron chi connectivity index (χ3n) is 3.76. The molecule has 0 aliphatic heterocycles. The van der Waals surface area contributed by atoms with E-state index in [9.17, 15) is 28.1 Å². The number of methoxy groups -OCH3 is 1. The van der Waals surface area contributed by atoms with E-state index in [1.54, 1.807) is 12.1 Å². The Bertz CT molecular complexity index is 1020. The molecular weight excluding hydrogens is 390 g/mol. The number of benzene rings is 2. The summed E-state index contributed by atoms with van der Waals surface area (Å²) in [7, 11) is -2.65. The van der Waals surface area contributed by atoms with Crippen LogP contribution >= 0.6 is 0 Å². The molecule has 0 saturated carbocycles. The number of sulfonamides is 1. The van der Waals surface area contributed by atoms with Crippen LogP contribution in [0.5, 0.6) is 0 Å². The van der Waals surface area contributed by atoms with Gasteiger partial charge in [-0.2, -0.15) is 0 Å². The van der Waals surface area contributed by atoms with Crippen molar-refractivity contribution in [2.75, 3.05) is 13.7 Å². The number of nitro groups is 1. The zero-order chi connectivity index (χ0) is 20.9. The third-order valence-corrected chi connectivity index (χ3v) is 4.69. The molecule has 0 saturated heterocycles. The van der Waals surface area contributed by atoms with Crippen LogP contribution in [-0.2, 0) is 21.2 Å². The van der Waals surface area contributed by atoms with Crippen LogP contribution in [0.3, 0.4) is 0 Å². The van der Waals surface area contributed by atoms with Gasteiger partial charge in [-0.05, 0) is 30.2 Å². The Morgan fingerprint density at radius 3 is 2.29 bits per heavy atom. The summed E-state index contributed by atoms with van der Waals surface area (Å²) in [4.78, 5) is 34.2. The normalized spacial score (nSPS) is 10.9. The lowest BCUT2D eigenvalue weighted by Gasteiger charge is -2.07. The van der Waals surface area contributed by atoms with Crippen LogP contribution in [0.4, 0.5) is 5.69 Å². The average Bonchev–Trinajstić information content (AvgIpc) is 2.66. The molecule has 0 aliphatic carbocycles. The lowest BCUT2D eigenvalue weighted by atomic mass is 10.1. The second kappa shape index (κ2) is 8.59. The van der Waals surface area contributed by atoms with Gasteiger partial charge >= 0.3 is 5.97 Å². The van der Waals surface area contributed by atoms with Gasteiger partial charge in [-0.1, -0.05) is 12.1 Å². The minimum atomic E-state index is -3.78. The minimum absolute atomic E-state index is 0.0211. The Morgan fingerprint density at radius 2 is 1.75 bits per heavy atom. The number of esters is 1. The maximum absolute atomic E-state index is 12.3. The molecule has 0 heterocycles. The van der Waals surface area contributed by atoms with Crippen LogP contribution in [-0.4, -0.2) is 38.9 Å². The number of ether oxygens (including phenoxy) is 1. The van der Waals surface area contributed by atoms with Gasteiger partial charge in [0.1, 0.15) is 0 Å². The van der Waals surface area contributed by atoms with E-state index in [4.69, 9.17) is 5.14 Å². The fraction of sp³-hybridized carbons (Fsp3) is 0.176. The molecule has 148 valence electrons. The number of hydrogen-bond acceptors (Lipinski definition) is 7. The number of non-ortho nitro benzene ring substituents is 1. The number of nitrogens with one attached hydrogen (secondary N) is 1. The zero-order valence-corrected chi connectivity index (χ0v) is 15.6. The number of carbonyl (C=O) groups is 2. The van der Waals surface area contributed by atoms with Crippen LogP contribution in [0.2, 0.25) is 0 Å². The van der Waals surface area contributed by atoms with Gasteiger partial charge in [-0.25, -0.2) is 18.4 Å². The van der Waals surface area contributed by atoms with Gasteiger partial charge in [0.05, 0.1) is 22.5 Å². The first-order valence-electron chi connectivity index (χ1n) is 7.89. The molecule has 11 heteroatoms. The maximum atomic E-state index is 12.3. The van der Waals surface area contributed by atoms with Gasteiger partial charge < -0.3 is 10.1 Å². The largest absolute Gasteiger partial charge is 0.465 e. The summed E-state index contributed by atoms with van der Waals surface area (Å²) in [5.74, 6) is -1.40. The van der Waals surface area contributed by atoms with E-state index in [0.29, 0.717) is 6.42 Å². The van der Waals surface area contributed by atoms with Crippen LogP contribution < -0.4 is 10.5 Å². The number of rotatable bonds is 7. The molecule has 2 aromatic carbocycles. The highest BCUT2D eigenvalue weighted by atomic mass is 32.2. The van der Waals surface area contributed by atoms with Gasteiger partial charge in [0, 0.05) is 24.2 Å². The van der Waals surface area contributed by atoms with Crippen molar-refractivity contribution in [1.29, 1.82) is 0 Å². The monoisotopic (exact) mass is 407 g/mol. The Labute approximate surface area is 160 Å². The molecule has 0 spiro atoms. The smallest absolute Gasteiger partial charge is 0.338 e. The van der Waals surface area contributed by atoms with Crippen molar-refractivity contribution < 1.29 is 27.7 Å². The molecule has 0 radical (unpaired) electrons. The number of nitro benzene ring substituents is 1. The van der Waals surface area contributed by atoms with E-state index in [1.807, 2.05) is 0 Å². The van der Waals surface area contributed by atoms with Crippen LogP contribution in [0.1, 0.15) is 26.3 Å². The quantitative estimate of drug-likeness (QED) is 0.393. The molecule has 2 rings (SSSR count). The molecule has 3 N–H and O–H groups in total. The Kier molecular flexibility index (Phi) is 6.44. The number of primary sulfonamides is 1. The van der Waals surface area contributed by atoms with Crippen molar-refractivity contribution in [2.24, 2.45) is 5.14 Å². The van der Waals surface area contributed by atoms with Crippen molar-refractivity contribution in [3.63, 3.8) is 0 Å². The van der Waals surface area contributed by atoms with E-state index in [-0.39, 0.29) is 22.6 Å². The summed E-state index contributed by atoms with van der Waals surface area (Å²) in [6.45, 7) is 0.184. The molecule has 0 bridgehead atoms. The fourth-order valence-corrected chi connectivity index (χ4v) is 2.87. The Hall–Kier alpha value is -3.31. The van der Waals surface area contributed by atoms with E-state index < -0.39 is 32.5 Å². The second-order valence-corrected chi connectivity index (χ2v) is 7.27. The van der Waals surface area contributed by atoms with Crippen molar-refractivity contribution in [3.05, 3.63) is 69.3 Å². The molecule has 28 heavy (non-hydrogen) atoms. The van der Waals surface area contributed by atoms with Gasteiger partial charge in [-0.15, -0.1) is 0 Å². The summed E-state index contributed by atoms with van der Waals surface area (Å²) in [5, 5.41) is 18.6. The number of hydrogen-bond donors (Lipinski definition) is 2. The summed E-state index contributed by atoms with van der Waals surface area (Å²) in [5.41, 5.74) is 0.174. The summed E-state index contributed by atoms with van der Waals surface area (Å²) in [6.07, 6.45) is 0.384. The van der Waals surface area contributed by atoms with Gasteiger partial charge in [0.25, 0.3) is 11.6 Å². The van der Waals surface area contributed by atoms with E-state index in [0.717, 1.165) is 24.8 Å². The molecule has 0 atom stereocenters. The number of amides is 1. The molecule has 0 unspecified atom stereocenters. The molecule has 0 aliphatic rings. The first-order chi connectivity index (χ1) is 13.1. The predicted octanol–water partition coefficient (Wildman–Crippen LogP) is 1.00. The molecular formula is C17H17N3O7S. The second-order valence-electron chi connectivity index (χ2n) is 5.71. The summed E-state index contributed by atoms with van der Waals surface area (Å²) in [6, 6.07) is 9.13. The van der Waals surface area contributed by atoms with E-state index in [2.05, 4.69) is 10.1 Å². The average molecular weight is 407 g/mol. The molecule has 2 aromatic rings. The number of nitrogens with two attached hydrogens (primary N) is 1. The summed E-state index contributed by atoms with van der Waals surface area (Å²) < 4.78 is 27.0. The zero-order valence-electron chi connectivity index (χ0n) is 14.7. The molecule has 0 aromatic heterocycles. The lowest BCUT2D eigenvalue weighted by Crippen LogP contribution is -2.26. The maximum Gasteiger partial charge on any atom is 0.338 e. The van der Waals surface area contributed by atoms with Crippen molar-refractivity contribution in [3.8, 4) is 0 Å². The van der Waals surface area contributed by atoms with E-state index in [1.165, 1.54) is 18.2 Å². The Morgan fingerprint density at radius 1 is 1.14 bits per heavy atom. The van der Waals surface area contributed by atoms with Crippen LogP contribution in [0, 0.1) is 10.1 Å². The van der Waals surface area contributed by atoms with Gasteiger partial charge in [0.2, 0.25) is 10.0 Å². The number of nitrogens with zero attached hydrogens (tertiary/aromatic N) is 1. The third kappa shape index (κ3) is 5.34. The minimum Gasteiger partial charge on any atom is -0.465 e. The van der Waals surface area contributed by atoms with Crippen molar-refractivity contribution >= 4 is 27.6 Å². The standard InChI is InChI=1S/C17H17N3O7S/c1-27-17(22)13-8-12(9-14(10-13)20(23)24)16(21)19-7-6-11-2-4-15(5-3-11)28(18,25)26/h2-5,8-10H,6-7H2,1H3,(H,19,21)(H2,18,25,26). The first-order valence-corrected chi connectivity index (χ1v) is 9.44. The van der Waals surface area contributed by atoms with Crippen LogP contribution in [0.15, 0.2) is 47.4 Å². The van der Waals surface area contributed by atoms with Gasteiger partial charge in [-0.3, -0.25) is 14.9 Å². The fourth-order valence-electron chi connectivity index (χ4n) is 2.35.